The van der Waals surface area contributed by atoms with Crippen LogP contribution in [-0.4, -0.2) is 11.0 Å². The first-order valence-corrected chi connectivity index (χ1v) is 12.3. The maximum atomic E-state index is 13.6. The zero-order valence-corrected chi connectivity index (χ0v) is 20.1. The second kappa shape index (κ2) is 10.9. The van der Waals surface area contributed by atoms with Crippen molar-refractivity contribution in [2.45, 2.75) is 31.6 Å². The third-order valence-electron chi connectivity index (χ3n) is 6.83. The molecule has 4 aromatic carbocycles. The molecule has 37 heavy (non-hydrogen) atoms. The van der Waals surface area contributed by atoms with Crippen molar-refractivity contribution >= 4 is 11.6 Å². The number of ether oxygens (including phenoxy) is 1. The number of phenolic OH excluding ortho intramolecular Hbond substituents is 1. The fraction of sp³-hybridized carbons (Fsp3) is 0.194. The molecule has 0 aliphatic carbocycles. The molecule has 6 heteroatoms. The Morgan fingerprint density at radius 3 is 2.08 bits per heavy atom. The van der Waals surface area contributed by atoms with Crippen LogP contribution in [0.15, 0.2) is 103 Å². The molecule has 1 aliphatic heterocycles. The molecular weight excluding hydrogens is 472 g/mol. The minimum absolute atomic E-state index is 0.0504. The van der Waals surface area contributed by atoms with Gasteiger partial charge in [0.25, 0.3) is 0 Å². The molecule has 0 spiro atoms. The first-order chi connectivity index (χ1) is 18.0. The van der Waals surface area contributed by atoms with E-state index in [0.717, 1.165) is 16.7 Å². The topological polar surface area (TPSA) is 49.8 Å². The molecule has 0 bridgehead atoms. The van der Waals surface area contributed by atoms with E-state index in [1.165, 1.54) is 24.3 Å². The van der Waals surface area contributed by atoms with E-state index < -0.39 is 0 Å². The van der Waals surface area contributed by atoms with Gasteiger partial charge in [-0.15, -0.1) is 0 Å². The van der Waals surface area contributed by atoms with Crippen LogP contribution in [-0.2, 0) is 16.1 Å². The van der Waals surface area contributed by atoms with Gasteiger partial charge in [0.05, 0.1) is 24.7 Å². The highest BCUT2D eigenvalue weighted by atomic mass is 19.1. The van der Waals surface area contributed by atoms with Crippen molar-refractivity contribution in [3.05, 3.63) is 131 Å². The minimum atomic E-state index is -0.368. The summed E-state index contributed by atoms with van der Waals surface area (Å²) in [7, 11) is 0. The zero-order valence-electron chi connectivity index (χ0n) is 20.1. The Morgan fingerprint density at radius 2 is 1.43 bits per heavy atom. The summed E-state index contributed by atoms with van der Waals surface area (Å²) in [6.07, 6.45) is 0.772. The lowest BCUT2D eigenvalue weighted by Gasteiger charge is -2.48. The Hall–Kier alpha value is -4.03. The van der Waals surface area contributed by atoms with Gasteiger partial charge in [0, 0.05) is 5.69 Å². The molecule has 3 atom stereocenters. The molecule has 1 fully saturated rings. The average Bonchev–Trinajstić information content (AvgIpc) is 2.92. The van der Waals surface area contributed by atoms with E-state index >= 15 is 0 Å². The van der Waals surface area contributed by atoms with E-state index in [1.54, 1.807) is 53.4 Å². The van der Waals surface area contributed by atoms with E-state index in [1.807, 2.05) is 30.3 Å². The predicted molar refractivity (Wildman–Crippen MR) is 138 cm³/mol. The van der Waals surface area contributed by atoms with Gasteiger partial charge >= 0.3 is 0 Å². The van der Waals surface area contributed by atoms with Gasteiger partial charge in [-0.2, -0.15) is 0 Å². The van der Waals surface area contributed by atoms with Gasteiger partial charge in [0.1, 0.15) is 17.4 Å². The van der Waals surface area contributed by atoms with Crippen LogP contribution in [0.5, 0.6) is 5.75 Å². The molecule has 0 saturated carbocycles. The van der Waals surface area contributed by atoms with Gasteiger partial charge in [-0.1, -0.05) is 54.6 Å². The summed E-state index contributed by atoms with van der Waals surface area (Å²) in [4.78, 5) is 15.0. The predicted octanol–water partition coefficient (Wildman–Crippen LogP) is 7.11. The van der Waals surface area contributed by atoms with Crippen molar-refractivity contribution in [1.29, 1.82) is 0 Å². The number of carbonyl (C=O) groups excluding carboxylic acids is 1. The van der Waals surface area contributed by atoms with Crippen LogP contribution in [0.3, 0.4) is 0 Å². The quantitative estimate of drug-likeness (QED) is 0.250. The van der Waals surface area contributed by atoms with Gasteiger partial charge in [-0.3, -0.25) is 4.79 Å². The maximum Gasteiger partial charge on any atom is 0.233 e. The highest BCUT2D eigenvalue weighted by Crippen LogP contribution is 2.46. The maximum absolute atomic E-state index is 13.6. The lowest BCUT2D eigenvalue weighted by atomic mass is 9.78. The zero-order chi connectivity index (χ0) is 25.8. The molecule has 1 N–H and O–H groups in total. The lowest BCUT2D eigenvalue weighted by Crippen LogP contribution is -2.55. The number of hydrogen-bond donors (Lipinski definition) is 1. The number of nitrogens with zero attached hydrogens (tertiary/aromatic N) is 1. The number of β-lactam (4-membered cyclic amide) rings is 1. The first-order valence-electron chi connectivity index (χ1n) is 12.3. The highest BCUT2D eigenvalue weighted by molar-refractivity contribution is 6.03. The van der Waals surface area contributed by atoms with Crippen LogP contribution in [0.25, 0.3) is 0 Å². The third kappa shape index (κ3) is 5.54. The van der Waals surface area contributed by atoms with Crippen LogP contribution < -0.4 is 4.90 Å². The Balaban J connectivity index is 1.37. The Bertz CT molecular complexity index is 1330. The molecule has 5 rings (SSSR count). The van der Waals surface area contributed by atoms with Crippen LogP contribution in [0.1, 0.15) is 41.7 Å². The molecule has 1 heterocycles. The summed E-state index contributed by atoms with van der Waals surface area (Å²) in [5.74, 6) is -0.914. The van der Waals surface area contributed by atoms with Crippen LogP contribution >= 0.6 is 0 Å². The van der Waals surface area contributed by atoms with Crippen LogP contribution in [0, 0.1) is 17.6 Å². The summed E-state index contributed by atoms with van der Waals surface area (Å²) in [6.45, 7) is 0.393. The molecule has 0 unspecified atom stereocenters. The SMILES string of the molecule is O=C1[C@H](CC[C@H](OCc2ccccc2)c2ccc(F)cc2)[C@@H](c2ccc(O)cc2)N1c1ccc(F)cc1. The fourth-order valence-corrected chi connectivity index (χ4v) is 4.90. The number of benzene rings is 4. The van der Waals surface area contributed by atoms with Gasteiger partial charge in [-0.25, -0.2) is 8.78 Å². The number of carbonyl (C=O) groups is 1. The van der Waals surface area contributed by atoms with E-state index in [-0.39, 0.29) is 41.4 Å². The van der Waals surface area contributed by atoms with Gasteiger partial charge < -0.3 is 14.7 Å². The Labute approximate surface area is 214 Å². The number of aromatic hydroxyl groups is 1. The number of phenols is 1. The van der Waals surface area contributed by atoms with Crippen molar-refractivity contribution in [3.63, 3.8) is 0 Å². The number of anilines is 1. The van der Waals surface area contributed by atoms with Crippen molar-refractivity contribution in [3.8, 4) is 5.75 Å². The summed E-state index contributed by atoms with van der Waals surface area (Å²) >= 11 is 0. The van der Waals surface area contributed by atoms with Crippen molar-refractivity contribution in [1.82, 2.24) is 0 Å². The van der Waals surface area contributed by atoms with Gasteiger partial charge in [0.15, 0.2) is 0 Å². The van der Waals surface area contributed by atoms with Gasteiger partial charge in [0.2, 0.25) is 5.91 Å². The molecule has 4 aromatic rings. The first kappa shape index (κ1) is 24.7. The molecular formula is C31H27F2NO3. The van der Waals surface area contributed by atoms with Gasteiger partial charge in [-0.05, 0) is 78.1 Å². The van der Waals surface area contributed by atoms with E-state index in [0.29, 0.717) is 25.1 Å². The van der Waals surface area contributed by atoms with Crippen LogP contribution in [0.2, 0.25) is 0 Å². The number of halogens is 2. The molecule has 1 amide bonds. The van der Waals surface area contributed by atoms with E-state index in [2.05, 4.69) is 0 Å². The van der Waals surface area contributed by atoms with Crippen molar-refractivity contribution in [2.75, 3.05) is 4.90 Å². The molecule has 4 nitrogen and oxygen atoms in total. The highest BCUT2D eigenvalue weighted by Gasteiger charge is 2.48. The smallest absolute Gasteiger partial charge is 0.233 e. The van der Waals surface area contributed by atoms with Crippen molar-refractivity contribution in [2.24, 2.45) is 5.92 Å². The number of amides is 1. The Morgan fingerprint density at radius 1 is 0.811 bits per heavy atom. The van der Waals surface area contributed by atoms with E-state index in [9.17, 15) is 18.7 Å². The Kier molecular flexibility index (Phi) is 7.28. The second-order valence-corrected chi connectivity index (χ2v) is 9.24. The molecule has 0 aromatic heterocycles. The largest absolute Gasteiger partial charge is 0.508 e. The third-order valence-corrected chi connectivity index (χ3v) is 6.83. The minimum Gasteiger partial charge on any atom is -0.508 e. The number of hydrogen-bond acceptors (Lipinski definition) is 3. The van der Waals surface area contributed by atoms with Crippen LogP contribution in [0.4, 0.5) is 14.5 Å². The summed E-state index contributed by atoms with van der Waals surface area (Å²) in [5.41, 5.74) is 3.38. The summed E-state index contributed by atoms with van der Waals surface area (Å²) in [5, 5.41) is 9.77. The molecule has 1 aliphatic rings. The molecule has 1 saturated heterocycles. The summed E-state index contributed by atoms with van der Waals surface area (Å²) in [6, 6.07) is 28.5. The van der Waals surface area contributed by atoms with Crippen molar-refractivity contribution < 1.29 is 23.4 Å². The monoisotopic (exact) mass is 499 g/mol. The standard InChI is InChI=1S/C31H27F2NO3/c32-24-10-6-22(7-11-24)29(37-20-21-4-2-1-3-5-21)19-18-28-30(23-8-16-27(35)17-9-23)34(31(28)36)26-14-12-25(33)13-15-26/h1-17,28-30,35H,18-20H2/t28-,29+,30-/m1/s1. The normalized spacial score (nSPS) is 17.9. The van der Waals surface area contributed by atoms with E-state index in [4.69, 9.17) is 4.74 Å². The second-order valence-electron chi connectivity index (χ2n) is 9.24. The lowest BCUT2D eigenvalue weighted by molar-refractivity contribution is -0.131. The fourth-order valence-electron chi connectivity index (χ4n) is 4.90. The average molecular weight is 500 g/mol. The summed E-state index contributed by atoms with van der Waals surface area (Å²) < 4.78 is 33.4. The molecule has 0 radical (unpaired) electrons. The number of rotatable bonds is 9. The molecule has 188 valence electrons.